The van der Waals surface area contributed by atoms with Crippen molar-refractivity contribution in [2.45, 2.75) is 18.6 Å². The minimum Gasteiger partial charge on any atom is -0.480 e. The molecule has 1 amide bonds. The molecule has 1 N–H and O–H groups in total. The summed E-state index contributed by atoms with van der Waals surface area (Å²) < 4.78 is 21.3. The number of aromatic nitrogens is 2. The maximum Gasteiger partial charge on any atom is 0.262 e. The zero-order chi connectivity index (χ0) is 18.1. The lowest BCUT2D eigenvalue weighted by Gasteiger charge is -2.21. The number of benzene rings is 2. The van der Waals surface area contributed by atoms with Gasteiger partial charge < -0.3 is 14.6 Å². The van der Waals surface area contributed by atoms with Gasteiger partial charge in [-0.05, 0) is 29.3 Å². The van der Waals surface area contributed by atoms with Crippen LogP contribution in [0.4, 0.5) is 4.39 Å². The SMILES string of the molecule is Cn1ccnc1[C@H](NC(=O)[C@@H]1Cc2ccccc2O1)c1cccc(F)c1. The monoisotopic (exact) mass is 351 g/mol. The first-order chi connectivity index (χ1) is 12.6. The molecule has 132 valence electrons. The van der Waals surface area contributed by atoms with E-state index in [1.165, 1.54) is 12.1 Å². The van der Waals surface area contributed by atoms with Crippen LogP contribution >= 0.6 is 0 Å². The zero-order valence-electron chi connectivity index (χ0n) is 14.2. The Morgan fingerprint density at radius 3 is 2.88 bits per heavy atom. The van der Waals surface area contributed by atoms with Crippen LogP contribution in [0.5, 0.6) is 5.75 Å². The van der Waals surface area contributed by atoms with Crippen LogP contribution in [0.1, 0.15) is 23.0 Å². The topological polar surface area (TPSA) is 56.2 Å². The maximum absolute atomic E-state index is 13.7. The normalized spacial score (nSPS) is 16.6. The van der Waals surface area contributed by atoms with Gasteiger partial charge in [-0.2, -0.15) is 0 Å². The molecule has 1 aromatic heterocycles. The number of imidazole rings is 1. The van der Waals surface area contributed by atoms with E-state index in [4.69, 9.17) is 4.74 Å². The van der Waals surface area contributed by atoms with Crippen molar-refractivity contribution in [2.75, 3.05) is 0 Å². The second kappa shape index (κ2) is 6.63. The van der Waals surface area contributed by atoms with Crippen LogP contribution in [0.15, 0.2) is 60.9 Å². The predicted molar refractivity (Wildman–Crippen MR) is 94.2 cm³/mol. The minimum absolute atomic E-state index is 0.251. The molecule has 1 aliphatic heterocycles. The third-order valence-electron chi connectivity index (χ3n) is 4.52. The summed E-state index contributed by atoms with van der Waals surface area (Å²) in [5.74, 6) is 0.741. The Morgan fingerprint density at radius 2 is 2.15 bits per heavy atom. The molecule has 0 radical (unpaired) electrons. The number of halogens is 1. The quantitative estimate of drug-likeness (QED) is 0.786. The second-order valence-corrected chi connectivity index (χ2v) is 6.31. The number of amides is 1. The fourth-order valence-electron chi connectivity index (χ4n) is 3.20. The number of fused-ring (bicyclic) bond motifs is 1. The Morgan fingerprint density at radius 1 is 1.31 bits per heavy atom. The van der Waals surface area contributed by atoms with Crippen molar-refractivity contribution < 1.29 is 13.9 Å². The van der Waals surface area contributed by atoms with E-state index in [9.17, 15) is 9.18 Å². The number of rotatable bonds is 4. The largest absolute Gasteiger partial charge is 0.480 e. The molecule has 0 bridgehead atoms. The Kier molecular flexibility index (Phi) is 4.16. The number of nitrogens with one attached hydrogen (secondary N) is 1. The summed E-state index contributed by atoms with van der Waals surface area (Å²) in [5.41, 5.74) is 1.63. The number of nitrogens with zero attached hydrogens (tertiary/aromatic N) is 2. The fourth-order valence-corrected chi connectivity index (χ4v) is 3.20. The highest BCUT2D eigenvalue weighted by atomic mass is 19.1. The number of ether oxygens (including phenoxy) is 1. The van der Waals surface area contributed by atoms with Gasteiger partial charge in [-0.3, -0.25) is 4.79 Å². The summed E-state index contributed by atoms with van der Waals surface area (Å²) in [4.78, 5) is 17.1. The number of carbonyl (C=O) groups excluding carboxylic acids is 1. The molecule has 1 aliphatic rings. The first-order valence-electron chi connectivity index (χ1n) is 8.39. The number of hydrogen-bond acceptors (Lipinski definition) is 3. The van der Waals surface area contributed by atoms with E-state index < -0.39 is 12.1 Å². The van der Waals surface area contributed by atoms with Gasteiger partial charge in [0, 0.05) is 25.9 Å². The summed E-state index contributed by atoms with van der Waals surface area (Å²) >= 11 is 0. The van der Waals surface area contributed by atoms with Crippen LogP contribution in [-0.4, -0.2) is 21.6 Å². The van der Waals surface area contributed by atoms with Crippen LogP contribution < -0.4 is 10.1 Å². The van der Waals surface area contributed by atoms with Crippen molar-refractivity contribution in [3.8, 4) is 5.75 Å². The van der Waals surface area contributed by atoms with Gasteiger partial charge in [0.2, 0.25) is 0 Å². The van der Waals surface area contributed by atoms with Crippen molar-refractivity contribution in [1.29, 1.82) is 0 Å². The van der Waals surface area contributed by atoms with Crippen LogP contribution in [0.25, 0.3) is 0 Å². The van der Waals surface area contributed by atoms with Gasteiger partial charge in [0.05, 0.1) is 0 Å². The molecule has 0 unspecified atom stereocenters. The summed E-state index contributed by atoms with van der Waals surface area (Å²) in [6, 6.07) is 13.2. The molecule has 0 aliphatic carbocycles. The van der Waals surface area contributed by atoms with Gasteiger partial charge in [0.1, 0.15) is 23.4 Å². The van der Waals surface area contributed by atoms with Crippen LogP contribution in [0.2, 0.25) is 0 Å². The predicted octanol–water partition coefficient (Wildman–Crippen LogP) is 2.77. The van der Waals surface area contributed by atoms with E-state index in [2.05, 4.69) is 10.3 Å². The Balaban J connectivity index is 1.60. The first kappa shape index (κ1) is 16.3. The lowest BCUT2D eigenvalue weighted by atomic mass is 10.0. The highest BCUT2D eigenvalue weighted by molar-refractivity contribution is 5.83. The van der Waals surface area contributed by atoms with E-state index in [0.29, 0.717) is 17.8 Å². The molecule has 2 aromatic carbocycles. The summed E-state index contributed by atoms with van der Waals surface area (Å²) in [6.45, 7) is 0. The molecule has 5 nitrogen and oxygen atoms in total. The lowest BCUT2D eigenvalue weighted by molar-refractivity contribution is -0.127. The standard InChI is InChI=1S/C20H18FN3O2/c1-24-10-9-22-19(24)18(14-6-4-7-15(21)11-14)23-20(25)17-12-13-5-2-3-8-16(13)26-17/h2-11,17-18H,12H2,1H3,(H,23,25)/t17-,18+/m0/s1. The van der Waals surface area contributed by atoms with Gasteiger partial charge in [-0.1, -0.05) is 30.3 Å². The van der Waals surface area contributed by atoms with Crippen molar-refractivity contribution >= 4 is 5.91 Å². The summed E-state index contributed by atoms with van der Waals surface area (Å²) in [5, 5.41) is 2.97. The van der Waals surface area contributed by atoms with Gasteiger partial charge in [-0.15, -0.1) is 0 Å². The molecule has 0 spiro atoms. The lowest BCUT2D eigenvalue weighted by Crippen LogP contribution is -2.40. The van der Waals surface area contributed by atoms with Crippen molar-refractivity contribution in [2.24, 2.45) is 7.05 Å². The molecule has 2 atom stereocenters. The number of hydrogen-bond donors (Lipinski definition) is 1. The number of para-hydroxylation sites is 1. The van der Waals surface area contributed by atoms with Crippen molar-refractivity contribution in [1.82, 2.24) is 14.9 Å². The molecule has 6 heteroatoms. The molecule has 3 aromatic rings. The number of aryl methyl sites for hydroxylation is 1. The Bertz CT molecular complexity index is 928. The molecule has 0 saturated carbocycles. The first-order valence-corrected chi connectivity index (χ1v) is 8.39. The van der Waals surface area contributed by atoms with Crippen molar-refractivity contribution in [3.05, 3.63) is 83.7 Å². The molecule has 0 fully saturated rings. The number of carbonyl (C=O) groups is 1. The third kappa shape index (κ3) is 3.06. The maximum atomic E-state index is 13.7. The van der Waals surface area contributed by atoms with Crippen LogP contribution in [0, 0.1) is 5.82 Å². The van der Waals surface area contributed by atoms with E-state index in [1.807, 2.05) is 31.3 Å². The van der Waals surface area contributed by atoms with Gasteiger partial charge in [0.15, 0.2) is 6.10 Å². The fraction of sp³-hybridized carbons (Fsp3) is 0.200. The summed E-state index contributed by atoms with van der Waals surface area (Å²) in [6.07, 6.45) is 3.34. The summed E-state index contributed by atoms with van der Waals surface area (Å²) in [7, 11) is 1.84. The smallest absolute Gasteiger partial charge is 0.262 e. The Labute approximate surface area is 150 Å². The second-order valence-electron chi connectivity index (χ2n) is 6.31. The molecular formula is C20H18FN3O2. The van der Waals surface area contributed by atoms with E-state index >= 15 is 0 Å². The van der Waals surface area contributed by atoms with Crippen LogP contribution in [-0.2, 0) is 18.3 Å². The van der Waals surface area contributed by atoms with Crippen molar-refractivity contribution in [3.63, 3.8) is 0 Å². The van der Waals surface area contributed by atoms with Gasteiger partial charge >= 0.3 is 0 Å². The van der Waals surface area contributed by atoms with E-state index in [0.717, 1.165) is 11.3 Å². The molecule has 0 saturated heterocycles. The molecule has 2 heterocycles. The molecule has 26 heavy (non-hydrogen) atoms. The molecule has 4 rings (SSSR count). The average molecular weight is 351 g/mol. The highest BCUT2D eigenvalue weighted by Gasteiger charge is 2.31. The third-order valence-corrected chi connectivity index (χ3v) is 4.52. The molecular weight excluding hydrogens is 333 g/mol. The van der Waals surface area contributed by atoms with E-state index in [1.54, 1.807) is 29.1 Å². The van der Waals surface area contributed by atoms with Gasteiger partial charge in [-0.25, -0.2) is 9.37 Å². The zero-order valence-corrected chi connectivity index (χ0v) is 14.2. The highest BCUT2D eigenvalue weighted by Crippen LogP contribution is 2.29. The van der Waals surface area contributed by atoms with E-state index in [-0.39, 0.29) is 11.7 Å². The van der Waals surface area contributed by atoms with Crippen LogP contribution in [0.3, 0.4) is 0 Å². The Hall–Kier alpha value is -3.15. The van der Waals surface area contributed by atoms with Gasteiger partial charge in [0.25, 0.3) is 5.91 Å². The average Bonchev–Trinajstić information content (AvgIpc) is 3.25. The minimum atomic E-state index is -0.608.